The number of carbonyl (C=O) groups excluding carboxylic acids is 1. The van der Waals surface area contributed by atoms with E-state index in [0.717, 1.165) is 19.6 Å². The van der Waals surface area contributed by atoms with E-state index in [4.69, 9.17) is 0 Å². The molecular formula is C19H35N5O3. The van der Waals surface area contributed by atoms with Crippen molar-refractivity contribution in [2.45, 2.75) is 78.3 Å². The first kappa shape index (κ1) is 23.1. The molecule has 1 aromatic rings. The Morgan fingerprint density at radius 3 is 2.41 bits per heavy atom. The Morgan fingerprint density at radius 2 is 1.89 bits per heavy atom. The second-order valence-corrected chi connectivity index (χ2v) is 7.15. The number of carbonyl (C=O) groups is 1. The van der Waals surface area contributed by atoms with E-state index in [9.17, 15) is 14.9 Å². The van der Waals surface area contributed by atoms with Gasteiger partial charge >= 0.3 is 5.69 Å². The molecule has 0 bridgehead atoms. The third kappa shape index (κ3) is 10.1. The van der Waals surface area contributed by atoms with Gasteiger partial charge in [0.25, 0.3) is 0 Å². The number of hydrogen-bond acceptors (Lipinski definition) is 5. The van der Waals surface area contributed by atoms with E-state index < -0.39 is 4.92 Å². The number of nitro groups is 1. The van der Waals surface area contributed by atoms with Crippen molar-refractivity contribution in [3.8, 4) is 0 Å². The van der Waals surface area contributed by atoms with Gasteiger partial charge in [-0.25, -0.2) is 0 Å². The molecule has 27 heavy (non-hydrogen) atoms. The van der Waals surface area contributed by atoms with Gasteiger partial charge in [0.05, 0.1) is 4.92 Å². The van der Waals surface area contributed by atoms with E-state index in [2.05, 4.69) is 29.2 Å². The highest BCUT2D eigenvalue weighted by atomic mass is 16.6. The molecule has 0 radical (unpaired) electrons. The molecule has 154 valence electrons. The molecule has 0 spiro atoms. The smallest absolute Gasteiger partial charge is 0.306 e. The molecule has 1 atom stereocenters. The largest absolute Gasteiger partial charge is 0.352 e. The van der Waals surface area contributed by atoms with Gasteiger partial charge in [-0.1, -0.05) is 39.5 Å². The summed E-state index contributed by atoms with van der Waals surface area (Å²) < 4.78 is 1.43. The summed E-state index contributed by atoms with van der Waals surface area (Å²) in [4.78, 5) is 24.8. The van der Waals surface area contributed by atoms with Crippen LogP contribution >= 0.6 is 0 Å². The van der Waals surface area contributed by atoms with Crippen LogP contribution in [0, 0.1) is 10.1 Å². The van der Waals surface area contributed by atoms with Gasteiger partial charge in [-0.05, 0) is 32.9 Å². The third-order valence-corrected chi connectivity index (χ3v) is 4.49. The monoisotopic (exact) mass is 381 g/mol. The van der Waals surface area contributed by atoms with Gasteiger partial charge < -0.3 is 10.2 Å². The minimum absolute atomic E-state index is 0.0530. The van der Waals surface area contributed by atoms with Crippen LogP contribution < -0.4 is 5.32 Å². The van der Waals surface area contributed by atoms with Gasteiger partial charge in [0.15, 0.2) is 0 Å². The summed E-state index contributed by atoms with van der Waals surface area (Å²) in [7, 11) is 0. The average molecular weight is 382 g/mol. The highest BCUT2D eigenvalue weighted by Gasteiger charge is 2.14. The van der Waals surface area contributed by atoms with E-state index >= 15 is 0 Å². The lowest BCUT2D eigenvalue weighted by Crippen LogP contribution is -2.42. The Kier molecular flexibility index (Phi) is 11.3. The number of nitrogens with one attached hydrogen (secondary N) is 1. The van der Waals surface area contributed by atoms with Crippen LogP contribution in [0.2, 0.25) is 0 Å². The van der Waals surface area contributed by atoms with Crippen LogP contribution in [0.3, 0.4) is 0 Å². The van der Waals surface area contributed by atoms with E-state index in [1.54, 1.807) is 0 Å². The topological polar surface area (TPSA) is 93.3 Å². The lowest BCUT2D eigenvalue weighted by atomic mass is 10.2. The summed E-state index contributed by atoms with van der Waals surface area (Å²) in [6.45, 7) is 9.79. The first-order chi connectivity index (χ1) is 13.0. The first-order valence-corrected chi connectivity index (χ1v) is 10.1. The molecular weight excluding hydrogens is 346 g/mol. The van der Waals surface area contributed by atoms with Crippen LogP contribution in [0.25, 0.3) is 0 Å². The molecule has 0 aromatic carbocycles. The zero-order chi connectivity index (χ0) is 20.1. The van der Waals surface area contributed by atoms with Crippen LogP contribution in [-0.2, 0) is 11.3 Å². The first-order valence-electron chi connectivity index (χ1n) is 10.1. The van der Waals surface area contributed by atoms with E-state index in [0.29, 0.717) is 6.54 Å². The number of aromatic nitrogens is 2. The van der Waals surface area contributed by atoms with Crippen molar-refractivity contribution in [2.75, 3.05) is 19.6 Å². The Morgan fingerprint density at radius 1 is 1.26 bits per heavy atom. The van der Waals surface area contributed by atoms with Crippen LogP contribution in [0.4, 0.5) is 5.69 Å². The molecule has 1 rings (SSSR count). The molecule has 0 saturated heterocycles. The molecule has 0 unspecified atom stereocenters. The molecule has 1 heterocycles. The Labute approximate surface area is 162 Å². The maximum absolute atomic E-state index is 12.2. The molecule has 1 N–H and O–H groups in total. The maximum atomic E-state index is 12.2. The fraction of sp³-hybridized carbons (Fsp3) is 0.789. The third-order valence-electron chi connectivity index (χ3n) is 4.49. The van der Waals surface area contributed by atoms with Gasteiger partial charge in [0.2, 0.25) is 5.91 Å². The van der Waals surface area contributed by atoms with Gasteiger partial charge in [-0.15, -0.1) is 0 Å². The van der Waals surface area contributed by atoms with Crippen molar-refractivity contribution in [1.82, 2.24) is 20.0 Å². The molecule has 0 aliphatic heterocycles. The van der Waals surface area contributed by atoms with Gasteiger partial charge in [0, 0.05) is 25.6 Å². The average Bonchev–Trinajstić information content (AvgIpc) is 3.09. The highest BCUT2D eigenvalue weighted by molar-refractivity contribution is 5.76. The van der Waals surface area contributed by atoms with Gasteiger partial charge in [-0.2, -0.15) is 5.10 Å². The number of unbranched alkanes of at least 4 members (excludes halogenated alkanes) is 4. The van der Waals surface area contributed by atoms with Gasteiger partial charge in [0.1, 0.15) is 12.4 Å². The normalized spacial score (nSPS) is 12.3. The molecule has 8 heteroatoms. The summed E-state index contributed by atoms with van der Waals surface area (Å²) in [6, 6.07) is 0.0766. The van der Waals surface area contributed by atoms with Crippen LogP contribution in [0.1, 0.15) is 65.7 Å². The fourth-order valence-corrected chi connectivity index (χ4v) is 3.03. The fourth-order valence-electron chi connectivity index (χ4n) is 3.03. The van der Waals surface area contributed by atoms with Crippen LogP contribution in [-0.4, -0.2) is 51.2 Å². The lowest BCUT2D eigenvalue weighted by Gasteiger charge is -2.26. The number of amides is 1. The highest BCUT2D eigenvalue weighted by Crippen LogP contribution is 2.08. The molecule has 1 amide bonds. The van der Waals surface area contributed by atoms with Crippen LogP contribution in [0.5, 0.6) is 0 Å². The number of rotatable bonds is 15. The minimum atomic E-state index is -0.489. The summed E-state index contributed by atoms with van der Waals surface area (Å²) in [5, 5.41) is 17.6. The Hall–Kier alpha value is -1.96. The van der Waals surface area contributed by atoms with E-state index in [-0.39, 0.29) is 24.1 Å². The number of aryl methyl sites for hydroxylation is 1. The minimum Gasteiger partial charge on any atom is -0.352 e. The second kappa shape index (κ2) is 13.2. The molecule has 8 nitrogen and oxygen atoms in total. The standard InChI is InChI=1S/C19H35N5O3/c1-4-6-8-11-22(12-9-7-5-2)15-17(3)21-19(25)10-13-23-16-18(14-20-23)24(26)27/h14,16-17H,4-13,15H2,1-3H3,(H,21,25)/t17-/m0/s1. The number of hydrogen-bond donors (Lipinski definition) is 1. The van der Waals surface area contributed by atoms with Crippen molar-refractivity contribution < 1.29 is 9.72 Å². The zero-order valence-electron chi connectivity index (χ0n) is 17.0. The van der Waals surface area contributed by atoms with Crippen molar-refractivity contribution in [3.63, 3.8) is 0 Å². The van der Waals surface area contributed by atoms with Crippen LogP contribution in [0.15, 0.2) is 12.4 Å². The molecule has 0 saturated carbocycles. The van der Waals surface area contributed by atoms with Crippen molar-refractivity contribution in [3.05, 3.63) is 22.5 Å². The predicted molar refractivity (Wildman–Crippen MR) is 107 cm³/mol. The predicted octanol–water partition coefficient (Wildman–Crippen LogP) is 3.37. The van der Waals surface area contributed by atoms with E-state index in [1.165, 1.54) is 55.6 Å². The number of nitrogens with zero attached hydrogens (tertiary/aromatic N) is 4. The van der Waals surface area contributed by atoms with Crippen molar-refractivity contribution >= 4 is 11.6 Å². The molecule has 0 aliphatic carbocycles. The van der Waals surface area contributed by atoms with E-state index in [1.807, 2.05) is 6.92 Å². The molecule has 1 aromatic heterocycles. The summed E-state index contributed by atoms with van der Waals surface area (Å²) in [5.41, 5.74) is -0.0569. The quantitative estimate of drug-likeness (QED) is 0.286. The molecule has 0 fully saturated rings. The molecule has 0 aliphatic rings. The lowest BCUT2D eigenvalue weighted by molar-refractivity contribution is -0.385. The summed E-state index contributed by atoms with van der Waals surface area (Å²) >= 11 is 0. The summed E-state index contributed by atoms with van der Waals surface area (Å²) in [5.74, 6) is -0.0530. The SMILES string of the molecule is CCCCCN(CCCCC)C[C@H](C)NC(=O)CCn1cc([N+](=O)[O-])cn1. The maximum Gasteiger partial charge on any atom is 0.306 e. The zero-order valence-corrected chi connectivity index (χ0v) is 17.0. The summed E-state index contributed by atoms with van der Waals surface area (Å²) in [6.07, 6.45) is 10.1. The van der Waals surface area contributed by atoms with Gasteiger partial charge in [-0.3, -0.25) is 19.6 Å². The van der Waals surface area contributed by atoms with Crippen molar-refractivity contribution in [2.24, 2.45) is 0 Å². The second-order valence-electron chi connectivity index (χ2n) is 7.15. The Balaban J connectivity index is 2.37. The van der Waals surface area contributed by atoms with Crippen molar-refractivity contribution in [1.29, 1.82) is 0 Å². The Bertz CT molecular complexity index is 551.